The topological polar surface area (TPSA) is 28.2 Å². The number of halogens is 1. The minimum Gasteiger partial charge on any atom is -0.496 e. The Bertz CT molecular complexity index is 837. The lowest BCUT2D eigenvalue weighted by Crippen LogP contribution is -2.55. The minimum atomic E-state index is -0.170. The second-order valence-electron chi connectivity index (χ2n) is 8.61. The summed E-state index contributed by atoms with van der Waals surface area (Å²) < 4.78 is 24.0. The van der Waals surface area contributed by atoms with E-state index in [1.54, 1.807) is 26.4 Å². The molecule has 0 amide bonds. The lowest BCUT2D eigenvalue weighted by molar-refractivity contribution is 0.0887. The Balaban J connectivity index is 1.32. The predicted octanol–water partition coefficient (Wildman–Crippen LogP) is 3.77. The van der Waals surface area contributed by atoms with E-state index in [2.05, 4.69) is 32.9 Å². The van der Waals surface area contributed by atoms with E-state index in [9.17, 15) is 4.39 Å². The van der Waals surface area contributed by atoms with E-state index < -0.39 is 0 Å². The number of benzene rings is 2. The van der Waals surface area contributed by atoms with Gasteiger partial charge in [-0.1, -0.05) is 6.07 Å². The van der Waals surface area contributed by atoms with Crippen molar-refractivity contribution in [2.24, 2.45) is 0 Å². The van der Waals surface area contributed by atoms with Gasteiger partial charge in [0.15, 0.2) is 0 Å². The average molecular weight is 428 g/mol. The van der Waals surface area contributed by atoms with Crippen LogP contribution < -0.4 is 9.64 Å². The van der Waals surface area contributed by atoms with Gasteiger partial charge in [0, 0.05) is 63.7 Å². The molecule has 2 aliphatic heterocycles. The molecule has 1 unspecified atom stereocenters. The summed E-state index contributed by atoms with van der Waals surface area (Å²) in [6, 6.07) is 13.9. The van der Waals surface area contributed by atoms with Crippen LogP contribution >= 0.6 is 0 Å². The van der Waals surface area contributed by atoms with E-state index in [-0.39, 0.29) is 5.82 Å². The molecule has 2 heterocycles. The van der Waals surface area contributed by atoms with Crippen LogP contribution in [0.15, 0.2) is 42.5 Å². The summed E-state index contributed by atoms with van der Waals surface area (Å²) in [5.74, 6) is 0.719. The molecule has 2 aromatic rings. The van der Waals surface area contributed by atoms with Gasteiger partial charge in [-0.2, -0.15) is 0 Å². The van der Waals surface area contributed by atoms with Crippen LogP contribution in [-0.4, -0.2) is 69.3 Å². The highest BCUT2D eigenvalue weighted by atomic mass is 19.1. The molecule has 168 valence electrons. The number of ether oxygens (including phenoxy) is 2. The molecule has 2 aromatic carbocycles. The maximum absolute atomic E-state index is 13.2. The molecule has 31 heavy (non-hydrogen) atoms. The van der Waals surface area contributed by atoms with Gasteiger partial charge in [-0.15, -0.1) is 0 Å². The fourth-order valence-corrected chi connectivity index (χ4v) is 4.93. The lowest BCUT2D eigenvalue weighted by atomic mass is 10.0. The van der Waals surface area contributed by atoms with Crippen LogP contribution in [0.2, 0.25) is 0 Å². The van der Waals surface area contributed by atoms with Crippen LogP contribution in [0.1, 0.15) is 24.0 Å². The average Bonchev–Trinajstić information content (AvgIpc) is 2.80. The van der Waals surface area contributed by atoms with Crippen LogP contribution in [0.3, 0.4) is 0 Å². The number of hydrogen-bond donors (Lipinski definition) is 0. The molecular formula is C25H34FN3O2. The molecule has 2 saturated heterocycles. The number of methoxy groups -OCH3 is 2. The van der Waals surface area contributed by atoms with E-state index in [0.717, 1.165) is 62.8 Å². The Morgan fingerprint density at radius 1 is 0.968 bits per heavy atom. The molecule has 0 bridgehead atoms. The van der Waals surface area contributed by atoms with Crippen molar-refractivity contribution in [3.63, 3.8) is 0 Å². The largest absolute Gasteiger partial charge is 0.496 e. The van der Waals surface area contributed by atoms with Crippen molar-refractivity contribution in [1.82, 2.24) is 9.80 Å². The van der Waals surface area contributed by atoms with Crippen molar-refractivity contribution < 1.29 is 13.9 Å². The second-order valence-corrected chi connectivity index (χ2v) is 8.61. The van der Waals surface area contributed by atoms with Gasteiger partial charge in [0.1, 0.15) is 11.6 Å². The number of piperazine rings is 1. The normalized spacial score (nSPS) is 20.7. The summed E-state index contributed by atoms with van der Waals surface area (Å²) in [5.41, 5.74) is 3.54. The summed E-state index contributed by atoms with van der Waals surface area (Å²) in [4.78, 5) is 7.60. The summed E-state index contributed by atoms with van der Waals surface area (Å²) in [7, 11) is 3.43. The van der Waals surface area contributed by atoms with Gasteiger partial charge in [-0.25, -0.2) is 4.39 Å². The number of hydrogen-bond acceptors (Lipinski definition) is 5. The van der Waals surface area contributed by atoms with E-state index in [0.29, 0.717) is 12.6 Å². The van der Waals surface area contributed by atoms with Gasteiger partial charge in [-0.05, 0) is 61.3 Å². The SMILES string of the molecule is COCc1cc(CN2CCCC(N3CCN(c4ccc(F)cc4)CC3)C2)ccc1OC. The minimum absolute atomic E-state index is 0.170. The first-order valence-electron chi connectivity index (χ1n) is 11.3. The Labute approximate surface area is 185 Å². The molecule has 0 radical (unpaired) electrons. The van der Waals surface area contributed by atoms with Crippen LogP contribution in [0.5, 0.6) is 5.75 Å². The summed E-state index contributed by atoms with van der Waals surface area (Å²) in [6.07, 6.45) is 2.51. The van der Waals surface area contributed by atoms with Crippen molar-refractivity contribution in [3.8, 4) is 5.75 Å². The number of piperidine rings is 1. The molecule has 0 aromatic heterocycles. The Kier molecular flexibility index (Phi) is 7.43. The number of likely N-dealkylation sites (tertiary alicyclic amines) is 1. The van der Waals surface area contributed by atoms with E-state index >= 15 is 0 Å². The molecule has 4 rings (SSSR count). The molecule has 5 nitrogen and oxygen atoms in total. The molecule has 0 aliphatic carbocycles. The Hall–Kier alpha value is -2.15. The molecule has 2 aliphatic rings. The molecule has 0 saturated carbocycles. The van der Waals surface area contributed by atoms with E-state index in [4.69, 9.17) is 9.47 Å². The third kappa shape index (κ3) is 5.56. The molecule has 1 atom stereocenters. The third-order valence-electron chi connectivity index (χ3n) is 6.55. The lowest BCUT2D eigenvalue weighted by Gasteiger charge is -2.44. The van der Waals surface area contributed by atoms with Crippen LogP contribution in [-0.2, 0) is 17.9 Å². The maximum atomic E-state index is 13.2. The first-order valence-corrected chi connectivity index (χ1v) is 11.3. The first-order chi connectivity index (χ1) is 15.2. The fraction of sp³-hybridized carbons (Fsp3) is 0.520. The maximum Gasteiger partial charge on any atom is 0.124 e. The van der Waals surface area contributed by atoms with Crippen molar-refractivity contribution in [2.75, 3.05) is 58.4 Å². The van der Waals surface area contributed by atoms with Crippen molar-refractivity contribution >= 4 is 5.69 Å². The van der Waals surface area contributed by atoms with Gasteiger partial charge in [-0.3, -0.25) is 9.80 Å². The predicted molar refractivity (Wildman–Crippen MR) is 122 cm³/mol. The standard InChI is InChI=1S/C25H34FN3O2/c1-30-19-21-16-20(5-10-25(21)31-2)17-27-11-3-4-24(18-27)29-14-12-28(13-15-29)23-8-6-22(26)7-9-23/h5-10,16,24H,3-4,11-15,17-19H2,1-2H3. The van der Waals surface area contributed by atoms with E-state index in [1.807, 2.05) is 12.1 Å². The van der Waals surface area contributed by atoms with Crippen molar-refractivity contribution in [1.29, 1.82) is 0 Å². The number of nitrogens with zero attached hydrogens (tertiary/aromatic N) is 3. The molecule has 0 N–H and O–H groups in total. The first kappa shape index (κ1) is 22.1. The van der Waals surface area contributed by atoms with Crippen molar-refractivity contribution in [3.05, 3.63) is 59.4 Å². The molecule has 6 heteroatoms. The van der Waals surface area contributed by atoms with Crippen molar-refractivity contribution in [2.45, 2.75) is 32.0 Å². The zero-order valence-corrected chi connectivity index (χ0v) is 18.7. The van der Waals surface area contributed by atoms with Gasteiger partial charge >= 0.3 is 0 Å². The number of rotatable bonds is 7. The monoisotopic (exact) mass is 427 g/mol. The van der Waals surface area contributed by atoms with Crippen LogP contribution in [0.25, 0.3) is 0 Å². The van der Waals surface area contributed by atoms with Crippen LogP contribution in [0.4, 0.5) is 10.1 Å². The number of anilines is 1. The summed E-state index contributed by atoms with van der Waals surface area (Å²) >= 11 is 0. The Morgan fingerprint density at radius 2 is 1.74 bits per heavy atom. The van der Waals surface area contributed by atoms with Crippen LogP contribution in [0, 0.1) is 5.82 Å². The highest BCUT2D eigenvalue weighted by Gasteiger charge is 2.28. The molecule has 0 spiro atoms. The fourth-order valence-electron chi connectivity index (χ4n) is 4.93. The van der Waals surface area contributed by atoms with Gasteiger partial charge in [0.2, 0.25) is 0 Å². The summed E-state index contributed by atoms with van der Waals surface area (Å²) in [6.45, 7) is 7.93. The smallest absolute Gasteiger partial charge is 0.124 e. The summed E-state index contributed by atoms with van der Waals surface area (Å²) in [5, 5.41) is 0. The quantitative estimate of drug-likeness (QED) is 0.671. The zero-order chi connectivity index (χ0) is 21.6. The second kappa shape index (κ2) is 10.4. The highest BCUT2D eigenvalue weighted by molar-refractivity contribution is 5.46. The zero-order valence-electron chi connectivity index (χ0n) is 18.7. The van der Waals surface area contributed by atoms with Gasteiger partial charge in [0.25, 0.3) is 0 Å². The highest BCUT2D eigenvalue weighted by Crippen LogP contribution is 2.25. The van der Waals surface area contributed by atoms with Gasteiger partial charge in [0.05, 0.1) is 13.7 Å². The third-order valence-corrected chi connectivity index (χ3v) is 6.55. The van der Waals surface area contributed by atoms with E-state index in [1.165, 1.54) is 18.4 Å². The molecule has 2 fully saturated rings. The molecular weight excluding hydrogens is 393 g/mol. The van der Waals surface area contributed by atoms with Gasteiger partial charge < -0.3 is 14.4 Å². The Morgan fingerprint density at radius 3 is 2.45 bits per heavy atom.